The largest absolute Gasteiger partial charge is 0.387 e. The number of aliphatic hydroxyl groups is 3. The summed E-state index contributed by atoms with van der Waals surface area (Å²) in [6, 6.07) is 0. The van der Waals surface area contributed by atoms with E-state index in [1.54, 1.807) is 0 Å². The van der Waals surface area contributed by atoms with Gasteiger partial charge in [-0.2, -0.15) is 0 Å². The van der Waals surface area contributed by atoms with Crippen LogP contribution in [0.1, 0.15) is 0 Å². The van der Waals surface area contributed by atoms with Crippen LogP contribution in [-0.2, 0) is 4.74 Å². The predicted octanol–water partition coefficient (Wildman–Crippen LogP) is -1.61. The molecule has 0 spiro atoms. The van der Waals surface area contributed by atoms with E-state index in [0.717, 1.165) is 0 Å². The zero-order chi connectivity index (χ0) is 7.72. The molecule has 0 bridgehead atoms. The van der Waals surface area contributed by atoms with E-state index in [2.05, 4.69) is 4.74 Å². The van der Waals surface area contributed by atoms with Crippen LogP contribution in [0.5, 0.6) is 0 Å². The quantitative estimate of drug-likeness (QED) is 0.391. The second-order valence-corrected chi connectivity index (χ2v) is 2.22. The number of aliphatic hydroxyl groups excluding tert-OH is 3. The van der Waals surface area contributed by atoms with Gasteiger partial charge < -0.3 is 20.1 Å². The fourth-order valence-electron chi connectivity index (χ4n) is 0.770. The van der Waals surface area contributed by atoms with Gasteiger partial charge in [0.15, 0.2) is 12.5 Å². The molecule has 60 valence electrons. The molecule has 0 aromatic heterocycles. The molecular formula is C5H9FO4. The first-order valence-electron chi connectivity index (χ1n) is 2.93. The molecule has 1 fully saturated rings. The van der Waals surface area contributed by atoms with Crippen LogP contribution in [0.15, 0.2) is 0 Å². The van der Waals surface area contributed by atoms with E-state index in [1.165, 1.54) is 0 Å². The van der Waals surface area contributed by atoms with Crippen molar-refractivity contribution in [2.24, 2.45) is 0 Å². The minimum Gasteiger partial charge on any atom is -0.387 e. The van der Waals surface area contributed by atoms with E-state index in [4.69, 9.17) is 15.3 Å². The van der Waals surface area contributed by atoms with Gasteiger partial charge in [0, 0.05) is 0 Å². The van der Waals surface area contributed by atoms with Crippen LogP contribution < -0.4 is 0 Å². The molecule has 3 N–H and O–H groups in total. The van der Waals surface area contributed by atoms with Crippen molar-refractivity contribution in [2.75, 3.05) is 6.61 Å². The topological polar surface area (TPSA) is 69.9 Å². The Morgan fingerprint density at radius 3 is 2.30 bits per heavy atom. The third-order valence-electron chi connectivity index (χ3n) is 1.44. The smallest absolute Gasteiger partial charge is 0.183 e. The first-order chi connectivity index (χ1) is 4.63. The van der Waals surface area contributed by atoms with Crippen molar-refractivity contribution in [3.63, 3.8) is 0 Å². The fraction of sp³-hybridized carbons (Fsp3) is 1.00. The SMILES string of the molecule is OC1OCC(F)C(O)C1O. The molecule has 0 saturated carbocycles. The summed E-state index contributed by atoms with van der Waals surface area (Å²) in [7, 11) is 0. The van der Waals surface area contributed by atoms with E-state index < -0.39 is 24.7 Å². The molecule has 1 aliphatic heterocycles. The number of ether oxygens (including phenoxy) is 1. The Hall–Kier alpha value is -0.230. The summed E-state index contributed by atoms with van der Waals surface area (Å²) in [5.41, 5.74) is 0. The Labute approximate surface area is 56.9 Å². The second kappa shape index (κ2) is 2.79. The first-order valence-corrected chi connectivity index (χ1v) is 2.93. The zero-order valence-electron chi connectivity index (χ0n) is 5.14. The van der Waals surface area contributed by atoms with Crippen molar-refractivity contribution in [2.45, 2.75) is 24.7 Å². The summed E-state index contributed by atoms with van der Waals surface area (Å²) >= 11 is 0. The lowest BCUT2D eigenvalue weighted by Gasteiger charge is -2.30. The van der Waals surface area contributed by atoms with Gasteiger partial charge in [0.2, 0.25) is 0 Å². The Kier molecular flexibility index (Phi) is 2.20. The van der Waals surface area contributed by atoms with E-state index in [0.29, 0.717) is 0 Å². The highest BCUT2D eigenvalue weighted by molar-refractivity contribution is 4.81. The Bertz CT molecular complexity index is 106. The molecule has 1 saturated heterocycles. The zero-order valence-corrected chi connectivity index (χ0v) is 5.14. The van der Waals surface area contributed by atoms with E-state index in [-0.39, 0.29) is 6.61 Å². The fourth-order valence-corrected chi connectivity index (χ4v) is 0.770. The third kappa shape index (κ3) is 1.27. The van der Waals surface area contributed by atoms with Crippen LogP contribution in [0.3, 0.4) is 0 Å². The standard InChI is InChI=1S/C5H9FO4/c6-2-1-10-5(9)4(8)3(2)7/h2-5,7-9H,1H2. The second-order valence-electron chi connectivity index (χ2n) is 2.22. The lowest BCUT2D eigenvalue weighted by molar-refractivity contribution is -0.240. The Morgan fingerprint density at radius 1 is 1.20 bits per heavy atom. The summed E-state index contributed by atoms with van der Waals surface area (Å²) in [5.74, 6) is 0. The van der Waals surface area contributed by atoms with Gasteiger partial charge in [-0.25, -0.2) is 4.39 Å². The summed E-state index contributed by atoms with van der Waals surface area (Å²) in [6.45, 7) is -0.376. The molecule has 4 atom stereocenters. The summed E-state index contributed by atoms with van der Waals surface area (Å²) < 4.78 is 16.7. The number of hydrogen-bond donors (Lipinski definition) is 3. The molecule has 4 nitrogen and oxygen atoms in total. The van der Waals surface area contributed by atoms with Crippen LogP contribution >= 0.6 is 0 Å². The first kappa shape index (κ1) is 7.87. The minimum absolute atomic E-state index is 0.376. The van der Waals surface area contributed by atoms with Crippen molar-refractivity contribution < 1.29 is 24.4 Å². The molecule has 1 rings (SSSR count). The lowest BCUT2D eigenvalue weighted by Crippen LogP contribution is -2.51. The van der Waals surface area contributed by atoms with Crippen LogP contribution in [0, 0.1) is 0 Å². The highest BCUT2D eigenvalue weighted by Gasteiger charge is 2.37. The summed E-state index contributed by atoms with van der Waals surface area (Å²) in [6.07, 6.45) is -6.16. The Balaban J connectivity index is 2.52. The van der Waals surface area contributed by atoms with Crippen molar-refractivity contribution in [3.8, 4) is 0 Å². The molecule has 0 aromatic rings. The van der Waals surface area contributed by atoms with Gasteiger partial charge in [-0.1, -0.05) is 0 Å². The van der Waals surface area contributed by atoms with E-state index in [1.807, 2.05) is 0 Å². The number of alkyl halides is 1. The van der Waals surface area contributed by atoms with Crippen LogP contribution in [0.2, 0.25) is 0 Å². The molecule has 0 amide bonds. The van der Waals surface area contributed by atoms with Crippen LogP contribution in [0.4, 0.5) is 4.39 Å². The molecule has 0 aliphatic carbocycles. The van der Waals surface area contributed by atoms with Gasteiger partial charge in [-0.15, -0.1) is 0 Å². The van der Waals surface area contributed by atoms with E-state index >= 15 is 0 Å². The molecular weight excluding hydrogens is 143 g/mol. The average molecular weight is 152 g/mol. The predicted molar refractivity (Wildman–Crippen MR) is 28.9 cm³/mol. The van der Waals surface area contributed by atoms with E-state index in [9.17, 15) is 4.39 Å². The van der Waals surface area contributed by atoms with Gasteiger partial charge in [0.25, 0.3) is 0 Å². The highest BCUT2D eigenvalue weighted by Crippen LogP contribution is 2.15. The number of hydrogen-bond acceptors (Lipinski definition) is 4. The van der Waals surface area contributed by atoms with Crippen molar-refractivity contribution in [3.05, 3.63) is 0 Å². The Morgan fingerprint density at radius 2 is 1.80 bits per heavy atom. The third-order valence-corrected chi connectivity index (χ3v) is 1.44. The molecule has 0 radical (unpaired) electrons. The molecule has 0 aromatic carbocycles. The summed E-state index contributed by atoms with van der Waals surface area (Å²) in [5, 5.41) is 26.2. The lowest BCUT2D eigenvalue weighted by atomic mass is 10.1. The number of halogens is 1. The summed E-state index contributed by atoms with van der Waals surface area (Å²) in [4.78, 5) is 0. The monoisotopic (exact) mass is 152 g/mol. The van der Waals surface area contributed by atoms with Crippen molar-refractivity contribution >= 4 is 0 Å². The maximum atomic E-state index is 12.4. The van der Waals surface area contributed by atoms with Gasteiger partial charge in [-0.05, 0) is 0 Å². The van der Waals surface area contributed by atoms with Gasteiger partial charge in [-0.3, -0.25) is 0 Å². The molecule has 10 heavy (non-hydrogen) atoms. The van der Waals surface area contributed by atoms with Gasteiger partial charge in [0.05, 0.1) is 6.61 Å². The van der Waals surface area contributed by atoms with Crippen molar-refractivity contribution in [1.29, 1.82) is 0 Å². The average Bonchev–Trinajstić information content (AvgIpc) is 1.93. The maximum Gasteiger partial charge on any atom is 0.183 e. The van der Waals surface area contributed by atoms with Crippen molar-refractivity contribution in [1.82, 2.24) is 0 Å². The molecule has 5 heteroatoms. The molecule has 1 aliphatic rings. The molecule has 1 heterocycles. The maximum absolute atomic E-state index is 12.4. The van der Waals surface area contributed by atoms with Crippen LogP contribution in [0.25, 0.3) is 0 Å². The highest BCUT2D eigenvalue weighted by atomic mass is 19.1. The normalized spacial score (nSPS) is 49.2. The minimum atomic E-state index is -1.61. The van der Waals surface area contributed by atoms with Gasteiger partial charge >= 0.3 is 0 Å². The van der Waals surface area contributed by atoms with Gasteiger partial charge in [0.1, 0.15) is 12.2 Å². The number of rotatable bonds is 0. The van der Waals surface area contributed by atoms with Crippen LogP contribution in [-0.4, -0.2) is 46.6 Å². The molecule has 4 unspecified atom stereocenters.